The summed E-state index contributed by atoms with van der Waals surface area (Å²) in [6, 6.07) is 10.2. The van der Waals surface area contributed by atoms with Crippen LogP contribution in [-0.4, -0.2) is 12.6 Å². The highest BCUT2D eigenvalue weighted by molar-refractivity contribution is 9.10. The number of rotatable bonds is 4. The number of hydrogen-bond donors (Lipinski definition) is 1. The van der Waals surface area contributed by atoms with Crippen molar-refractivity contribution in [2.24, 2.45) is 0 Å². The Labute approximate surface area is 93.1 Å². The normalized spacial score (nSPS) is 12.1. The Morgan fingerprint density at radius 1 is 1.50 bits per heavy atom. The topological polar surface area (TPSA) is 35.8 Å². The molecule has 3 heteroatoms. The molecule has 1 atom stereocenters. The number of nitrogens with zero attached hydrogens (tertiary/aromatic N) is 1. The molecule has 14 heavy (non-hydrogen) atoms. The summed E-state index contributed by atoms with van der Waals surface area (Å²) in [4.78, 5) is 0. The molecule has 1 unspecified atom stereocenters. The zero-order chi connectivity index (χ0) is 10.4. The maximum atomic E-state index is 8.56. The summed E-state index contributed by atoms with van der Waals surface area (Å²) in [7, 11) is 0. The molecule has 1 aromatic rings. The lowest BCUT2D eigenvalue weighted by Gasteiger charge is -2.07. The van der Waals surface area contributed by atoms with Gasteiger partial charge in [-0.2, -0.15) is 5.26 Å². The van der Waals surface area contributed by atoms with E-state index in [0.29, 0.717) is 0 Å². The minimum absolute atomic E-state index is 0.0718. The van der Waals surface area contributed by atoms with Gasteiger partial charge in [-0.1, -0.05) is 34.1 Å². The minimum atomic E-state index is -0.0718. The summed E-state index contributed by atoms with van der Waals surface area (Å²) in [5.74, 6) is 0. The van der Waals surface area contributed by atoms with Gasteiger partial charge in [-0.05, 0) is 25.0 Å². The Morgan fingerprint density at radius 2 is 2.21 bits per heavy atom. The van der Waals surface area contributed by atoms with Crippen molar-refractivity contribution in [3.8, 4) is 6.07 Å². The van der Waals surface area contributed by atoms with Gasteiger partial charge in [0, 0.05) is 11.0 Å². The van der Waals surface area contributed by atoms with Crippen LogP contribution in [0.4, 0.5) is 0 Å². The van der Waals surface area contributed by atoms with E-state index in [1.54, 1.807) is 0 Å². The quantitative estimate of drug-likeness (QED) is 0.894. The number of halogens is 1. The molecule has 0 saturated heterocycles. The van der Waals surface area contributed by atoms with E-state index in [-0.39, 0.29) is 6.04 Å². The molecule has 0 aliphatic heterocycles. The number of nitriles is 1. The molecule has 0 heterocycles. The highest BCUT2D eigenvalue weighted by atomic mass is 79.9. The fourth-order valence-electron chi connectivity index (χ4n) is 1.17. The molecule has 1 N–H and O–H groups in total. The zero-order valence-electron chi connectivity index (χ0n) is 8.13. The van der Waals surface area contributed by atoms with Crippen molar-refractivity contribution in [2.45, 2.75) is 19.4 Å². The van der Waals surface area contributed by atoms with Crippen LogP contribution in [0.2, 0.25) is 0 Å². The first-order chi connectivity index (χ1) is 6.74. The number of benzene rings is 1. The molecular weight excluding hydrogens is 240 g/mol. The van der Waals surface area contributed by atoms with Gasteiger partial charge in [0.1, 0.15) is 0 Å². The van der Waals surface area contributed by atoms with Gasteiger partial charge in [0.15, 0.2) is 0 Å². The molecule has 1 aromatic carbocycles. The first-order valence-electron chi connectivity index (χ1n) is 4.60. The predicted molar refractivity (Wildman–Crippen MR) is 60.9 cm³/mol. The van der Waals surface area contributed by atoms with Crippen LogP contribution < -0.4 is 5.32 Å². The monoisotopic (exact) mass is 252 g/mol. The average molecular weight is 253 g/mol. The molecule has 0 saturated carbocycles. The smallest absolute Gasteiger partial charge is 0.0924 e. The third kappa shape index (κ3) is 3.49. The van der Waals surface area contributed by atoms with Crippen molar-refractivity contribution in [1.82, 2.24) is 5.32 Å². The van der Waals surface area contributed by atoms with Crippen molar-refractivity contribution in [3.05, 3.63) is 34.3 Å². The Morgan fingerprint density at radius 3 is 2.86 bits per heavy atom. The first kappa shape index (κ1) is 11.2. The molecule has 0 bridgehead atoms. The molecule has 0 aliphatic carbocycles. The predicted octanol–water partition coefficient (Wildman–Crippen LogP) is 2.49. The van der Waals surface area contributed by atoms with Gasteiger partial charge in [0.2, 0.25) is 0 Å². The van der Waals surface area contributed by atoms with E-state index in [2.05, 4.69) is 33.4 Å². The Hall–Kier alpha value is -0.850. The van der Waals surface area contributed by atoms with E-state index in [9.17, 15) is 0 Å². The number of nitrogens with one attached hydrogen (secondary N) is 1. The van der Waals surface area contributed by atoms with E-state index in [4.69, 9.17) is 5.26 Å². The number of hydrogen-bond acceptors (Lipinski definition) is 2. The SMILES string of the molecule is CC(C#N)NCCc1ccccc1Br. The fraction of sp³-hybridized carbons (Fsp3) is 0.364. The Balaban J connectivity index is 2.40. The molecule has 0 aromatic heterocycles. The van der Waals surface area contributed by atoms with Gasteiger partial charge in [-0.15, -0.1) is 0 Å². The van der Waals surface area contributed by atoms with E-state index < -0.39 is 0 Å². The van der Waals surface area contributed by atoms with Gasteiger partial charge in [-0.25, -0.2) is 0 Å². The fourth-order valence-corrected chi connectivity index (χ4v) is 1.65. The second kappa shape index (κ2) is 5.79. The van der Waals surface area contributed by atoms with Crippen molar-refractivity contribution in [1.29, 1.82) is 5.26 Å². The minimum Gasteiger partial charge on any atom is -0.302 e. The lowest BCUT2D eigenvalue weighted by molar-refractivity contribution is 0.640. The van der Waals surface area contributed by atoms with Crippen LogP contribution in [0, 0.1) is 11.3 Å². The summed E-state index contributed by atoms with van der Waals surface area (Å²) < 4.78 is 1.13. The molecule has 0 amide bonds. The van der Waals surface area contributed by atoms with Crippen molar-refractivity contribution < 1.29 is 0 Å². The second-order valence-electron chi connectivity index (χ2n) is 3.15. The Kier molecular flexibility index (Phi) is 4.64. The van der Waals surface area contributed by atoms with E-state index in [1.165, 1.54) is 5.56 Å². The molecule has 74 valence electrons. The molecule has 0 radical (unpaired) electrons. The maximum Gasteiger partial charge on any atom is 0.0924 e. The van der Waals surface area contributed by atoms with Crippen LogP contribution in [0.5, 0.6) is 0 Å². The third-order valence-corrected chi connectivity index (χ3v) is 2.77. The summed E-state index contributed by atoms with van der Waals surface area (Å²) >= 11 is 3.49. The molecule has 0 aliphatic rings. The van der Waals surface area contributed by atoms with Gasteiger partial charge < -0.3 is 5.32 Å². The van der Waals surface area contributed by atoms with Crippen LogP contribution in [0.15, 0.2) is 28.7 Å². The summed E-state index contributed by atoms with van der Waals surface area (Å²) in [5, 5.41) is 11.7. The first-order valence-corrected chi connectivity index (χ1v) is 5.39. The summed E-state index contributed by atoms with van der Waals surface area (Å²) in [6.45, 7) is 2.69. The summed E-state index contributed by atoms with van der Waals surface area (Å²) in [5.41, 5.74) is 1.27. The standard InChI is InChI=1S/C11H13BrN2/c1-9(8-13)14-7-6-10-4-2-3-5-11(10)12/h2-5,9,14H,6-7H2,1H3. The molecule has 0 fully saturated rings. The van der Waals surface area contributed by atoms with Crippen LogP contribution in [-0.2, 0) is 6.42 Å². The van der Waals surface area contributed by atoms with Gasteiger partial charge in [0.25, 0.3) is 0 Å². The van der Waals surface area contributed by atoms with Crippen LogP contribution in [0.25, 0.3) is 0 Å². The van der Waals surface area contributed by atoms with E-state index in [1.807, 2.05) is 25.1 Å². The average Bonchev–Trinajstić information content (AvgIpc) is 2.20. The molecular formula is C11H13BrN2. The van der Waals surface area contributed by atoms with Crippen LogP contribution in [0.1, 0.15) is 12.5 Å². The zero-order valence-corrected chi connectivity index (χ0v) is 9.71. The van der Waals surface area contributed by atoms with Crippen LogP contribution >= 0.6 is 15.9 Å². The Bertz CT molecular complexity index is 330. The van der Waals surface area contributed by atoms with Crippen molar-refractivity contribution in [2.75, 3.05) is 6.54 Å². The van der Waals surface area contributed by atoms with Gasteiger partial charge in [-0.3, -0.25) is 0 Å². The van der Waals surface area contributed by atoms with Crippen molar-refractivity contribution >= 4 is 15.9 Å². The second-order valence-corrected chi connectivity index (χ2v) is 4.00. The lowest BCUT2D eigenvalue weighted by Crippen LogP contribution is -2.26. The van der Waals surface area contributed by atoms with Gasteiger partial charge >= 0.3 is 0 Å². The van der Waals surface area contributed by atoms with E-state index in [0.717, 1.165) is 17.4 Å². The van der Waals surface area contributed by atoms with Crippen molar-refractivity contribution in [3.63, 3.8) is 0 Å². The molecule has 1 rings (SSSR count). The highest BCUT2D eigenvalue weighted by Crippen LogP contribution is 2.15. The third-order valence-electron chi connectivity index (χ3n) is 2.00. The van der Waals surface area contributed by atoms with E-state index >= 15 is 0 Å². The maximum absolute atomic E-state index is 8.56. The van der Waals surface area contributed by atoms with Crippen LogP contribution in [0.3, 0.4) is 0 Å². The largest absolute Gasteiger partial charge is 0.302 e. The molecule has 0 spiro atoms. The highest BCUT2D eigenvalue weighted by Gasteiger charge is 2.00. The van der Waals surface area contributed by atoms with Gasteiger partial charge in [0.05, 0.1) is 12.1 Å². The lowest BCUT2D eigenvalue weighted by atomic mass is 10.1. The summed E-state index contributed by atoms with van der Waals surface area (Å²) in [6.07, 6.45) is 0.938. The molecule has 2 nitrogen and oxygen atoms in total.